The largest absolute Gasteiger partial charge is 0.496 e. The molecule has 0 bridgehead atoms. The molecule has 2 aromatic carbocycles. The van der Waals surface area contributed by atoms with E-state index in [1.54, 1.807) is 14.2 Å². The molecule has 0 aliphatic heterocycles. The molecule has 2 rings (SSSR count). The Hall–Kier alpha value is -1.29. The van der Waals surface area contributed by atoms with Crippen molar-refractivity contribution in [3.8, 4) is 11.5 Å². The van der Waals surface area contributed by atoms with Gasteiger partial charge in [0.1, 0.15) is 18.2 Å². The fourth-order valence-corrected chi connectivity index (χ4v) is 2.61. The first-order chi connectivity index (χ1) is 8.24. The summed E-state index contributed by atoms with van der Waals surface area (Å²) in [5.41, 5.74) is 0.475. The topological polar surface area (TPSA) is 18.5 Å². The molecule has 0 saturated heterocycles. The van der Waals surface area contributed by atoms with E-state index in [4.69, 9.17) is 9.47 Å². The molecule has 0 fully saturated rings. The van der Waals surface area contributed by atoms with Crippen LogP contribution in [0, 0.1) is 0 Å². The van der Waals surface area contributed by atoms with Gasteiger partial charge in [0.25, 0.3) is 0 Å². The highest BCUT2D eigenvalue weighted by atomic mass is 79.9. The molecule has 4 heteroatoms. The van der Waals surface area contributed by atoms with E-state index in [1.807, 2.05) is 24.3 Å². The van der Waals surface area contributed by atoms with Crippen LogP contribution in [0.2, 0.25) is 0 Å². The number of benzene rings is 2. The molecule has 0 N–H and O–H groups in total. The van der Waals surface area contributed by atoms with Gasteiger partial charge in [0.05, 0.1) is 18.7 Å². The van der Waals surface area contributed by atoms with E-state index >= 15 is 0 Å². The third-order valence-electron chi connectivity index (χ3n) is 2.70. The van der Waals surface area contributed by atoms with Gasteiger partial charge < -0.3 is 9.47 Å². The lowest BCUT2D eigenvalue weighted by Crippen LogP contribution is -1.97. The molecule has 0 saturated carbocycles. The van der Waals surface area contributed by atoms with Gasteiger partial charge >= 0.3 is 0 Å². The van der Waals surface area contributed by atoms with Crippen LogP contribution >= 0.6 is 15.9 Å². The van der Waals surface area contributed by atoms with Crippen LogP contribution in [-0.2, 0) is 6.67 Å². The first kappa shape index (κ1) is 12.2. The quantitative estimate of drug-likeness (QED) is 0.850. The highest BCUT2D eigenvalue weighted by molar-refractivity contribution is 9.10. The lowest BCUT2D eigenvalue weighted by atomic mass is 10.0. The molecule has 0 radical (unpaired) electrons. The van der Waals surface area contributed by atoms with Crippen LogP contribution in [-0.4, -0.2) is 14.2 Å². The zero-order valence-corrected chi connectivity index (χ0v) is 11.2. The van der Waals surface area contributed by atoms with Crippen molar-refractivity contribution in [3.05, 3.63) is 34.3 Å². The smallest absolute Gasteiger partial charge is 0.141 e. The average molecular weight is 299 g/mol. The fraction of sp³-hybridized carbons (Fsp3) is 0.231. The van der Waals surface area contributed by atoms with Gasteiger partial charge in [-0.1, -0.05) is 24.3 Å². The molecule has 0 unspecified atom stereocenters. The van der Waals surface area contributed by atoms with E-state index < -0.39 is 6.67 Å². The zero-order valence-electron chi connectivity index (χ0n) is 9.59. The summed E-state index contributed by atoms with van der Waals surface area (Å²) in [7, 11) is 3.11. The average Bonchev–Trinajstić information content (AvgIpc) is 2.37. The maximum absolute atomic E-state index is 13.1. The second-order valence-electron chi connectivity index (χ2n) is 3.54. The van der Waals surface area contributed by atoms with Crippen molar-refractivity contribution in [3.63, 3.8) is 0 Å². The maximum atomic E-state index is 13.1. The molecule has 0 atom stereocenters. The van der Waals surface area contributed by atoms with E-state index in [0.717, 1.165) is 10.8 Å². The van der Waals surface area contributed by atoms with E-state index in [1.165, 1.54) is 0 Å². The summed E-state index contributed by atoms with van der Waals surface area (Å²) in [5, 5.41) is 1.75. The third-order valence-corrected chi connectivity index (χ3v) is 3.54. The van der Waals surface area contributed by atoms with Gasteiger partial charge in [0.15, 0.2) is 0 Å². The minimum absolute atomic E-state index is 0.475. The molecular weight excluding hydrogens is 287 g/mol. The van der Waals surface area contributed by atoms with Crippen LogP contribution in [0.15, 0.2) is 28.7 Å². The Bertz CT molecular complexity index is 555. The summed E-state index contributed by atoms with van der Waals surface area (Å²) in [4.78, 5) is 0. The molecule has 0 heterocycles. The standard InChI is InChI=1S/C13H12BrFO2/c1-16-12-8-5-3-4-6-9(8)13(17-2)11(14)10(12)7-15/h3-6H,7H2,1-2H3. The van der Waals surface area contributed by atoms with Gasteiger partial charge in [-0.3, -0.25) is 0 Å². The SMILES string of the molecule is COc1c(Br)c(CF)c(OC)c2ccccc12. The van der Waals surface area contributed by atoms with Crippen LogP contribution in [0.1, 0.15) is 5.56 Å². The van der Waals surface area contributed by atoms with Crippen LogP contribution in [0.4, 0.5) is 4.39 Å². The highest BCUT2D eigenvalue weighted by Crippen LogP contribution is 2.43. The van der Waals surface area contributed by atoms with Gasteiger partial charge in [0.2, 0.25) is 0 Å². The van der Waals surface area contributed by atoms with Crippen molar-refractivity contribution in [2.45, 2.75) is 6.67 Å². The first-order valence-electron chi connectivity index (χ1n) is 5.11. The number of rotatable bonds is 3. The number of hydrogen-bond donors (Lipinski definition) is 0. The normalized spacial score (nSPS) is 10.6. The second-order valence-corrected chi connectivity index (χ2v) is 4.33. The van der Waals surface area contributed by atoms with Gasteiger partial charge in [-0.15, -0.1) is 0 Å². The Morgan fingerprint density at radius 1 is 1.06 bits per heavy atom. The molecule has 2 aromatic rings. The third kappa shape index (κ3) is 1.86. The van der Waals surface area contributed by atoms with Crippen molar-refractivity contribution in [1.82, 2.24) is 0 Å². The molecule has 0 aromatic heterocycles. The van der Waals surface area contributed by atoms with E-state index in [2.05, 4.69) is 15.9 Å². The molecule has 2 nitrogen and oxygen atoms in total. The zero-order chi connectivity index (χ0) is 12.4. The molecule has 0 aliphatic rings. The van der Waals surface area contributed by atoms with Crippen LogP contribution in [0.5, 0.6) is 11.5 Å². The Morgan fingerprint density at radius 3 is 2.06 bits per heavy atom. The molecular formula is C13H12BrFO2. The number of fused-ring (bicyclic) bond motifs is 1. The molecule has 0 spiro atoms. The Kier molecular flexibility index (Phi) is 3.52. The van der Waals surface area contributed by atoms with Crippen LogP contribution in [0.25, 0.3) is 10.8 Å². The highest BCUT2D eigenvalue weighted by Gasteiger charge is 2.18. The summed E-state index contributed by atoms with van der Waals surface area (Å²) in [6.45, 7) is -0.606. The monoisotopic (exact) mass is 298 g/mol. The fourth-order valence-electron chi connectivity index (χ4n) is 1.95. The predicted molar refractivity (Wildman–Crippen MR) is 69.6 cm³/mol. The number of halogens is 2. The van der Waals surface area contributed by atoms with Crippen molar-refractivity contribution in [2.75, 3.05) is 14.2 Å². The summed E-state index contributed by atoms with van der Waals surface area (Å²) < 4.78 is 24.4. The number of ether oxygens (including phenoxy) is 2. The molecule has 0 amide bonds. The Morgan fingerprint density at radius 2 is 1.59 bits per heavy atom. The lowest BCUT2D eigenvalue weighted by molar-refractivity contribution is 0.389. The predicted octanol–water partition coefficient (Wildman–Crippen LogP) is 4.09. The van der Waals surface area contributed by atoms with E-state index in [-0.39, 0.29) is 0 Å². The second kappa shape index (κ2) is 4.92. The minimum atomic E-state index is -0.606. The minimum Gasteiger partial charge on any atom is -0.496 e. The van der Waals surface area contributed by atoms with E-state index in [9.17, 15) is 4.39 Å². The van der Waals surface area contributed by atoms with Crippen molar-refractivity contribution in [1.29, 1.82) is 0 Å². The summed E-state index contributed by atoms with van der Waals surface area (Å²) >= 11 is 3.37. The number of hydrogen-bond acceptors (Lipinski definition) is 2. The molecule has 0 aliphatic carbocycles. The molecule has 17 heavy (non-hydrogen) atoms. The first-order valence-corrected chi connectivity index (χ1v) is 5.90. The lowest BCUT2D eigenvalue weighted by Gasteiger charge is -2.15. The van der Waals surface area contributed by atoms with Crippen molar-refractivity contribution < 1.29 is 13.9 Å². The van der Waals surface area contributed by atoms with Gasteiger partial charge in [-0.05, 0) is 15.9 Å². The summed E-state index contributed by atoms with van der Waals surface area (Å²) in [6, 6.07) is 7.61. The van der Waals surface area contributed by atoms with Crippen LogP contribution in [0.3, 0.4) is 0 Å². The Balaban J connectivity index is 2.93. The van der Waals surface area contributed by atoms with Crippen molar-refractivity contribution in [2.24, 2.45) is 0 Å². The maximum Gasteiger partial charge on any atom is 0.141 e. The van der Waals surface area contributed by atoms with Gasteiger partial charge in [-0.2, -0.15) is 0 Å². The molecule has 90 valence electrons. The van der Waals surface area contributed by atoms with Crippen LogP contribution < -0.4 is 9.47 Å². The summed E-state index contributed by atoms with van der Waals surface area (Å²) in [6.07, 6.45) is 0. The van der Waals surface area contributed by atoms with Gasteiger partial charge in [-0.25, -0.2) is 4.39 Å². The van der Waals surface area contributed by atoms with E-state index in [0.29, 0.717) is 21.5 Å². The van der Waals surface area contributed by atoms with Crippen molar-refractivity contribution >= 4 is 26.7 Å². The van der Waals surface area contributed by atoms with Gasteiger partial charge in [0, 0.05) is 16.3 Å². The number of methoxy groups -OCH3 is 2. The Labute approximate surface area is 107 Å². The summed E-state index contributed by atoms with van der Waals surface area (Å²) in [5.74, 6) is 1.19. The number of alkyl halides is 1.